The summed E-state index contributed by atoms with van der Waals surface area (Å²) in [5, 5.41) is 10.2. The molecule has 2 aromatic rings. The summed E-state index contributed by atoms with van der Waals surface area (Å²) in [7, 11) is 0.0115. The average Bonchev–Trinajstić information content (AvgIpc) is 2.60. The van der Waals surface area contributed by atoms with Gasteiger partial charge < -0.3 is 10.0 Å². The number of nitrogens with one attached hydrogen (secondary N) is 1. The molecule has 2 N–H and O–H groups in total. The van der Waals surface area contributed by atoms with Crippen molar-refractivity contribution in [3.63, 3.8) is 0 Å². The molecule has 0 aliphatic carbocycles. The number of hydrogen-bond acceptors (Lipinski definition) is 5. The molecule has 1 atom stereocenters. The lowest BCUT2D eigenvalue weighted by atomic mass is 10.1. The van der Waals surface area contributed by atoms with E-state index in [4.69, 9.17) is 0 Å². The number of Topliss-reactive ketones (excluding diaryl/α,β-unsaturated/α-hetero) is 1. The van der Waals surface area contributed by atoms with Crippen LogP contribution in [0.15, 0.2) is 53.4 Å². The molecule has 0 fully saturated rings. The molecule has 2 aromatic carbocycles. The smallest absolute Gasteiger partial charge is 0.240 e. The Morgan fingerprint density at radius 1 is 1.16 bits per heavy atom. The summed E-state index contributed by atoms with van der Waals surface area (Å²) in [6, 6.07) is 13.0. The first-order valence-corrected chi connectivity index (χ1v) is 9.25. The molecule has 0 radical (unpaired) electrons. The van der Waals surface area contributed by atoms with E-state index in [9.17, 15) is 18.3 Å². The van der Waals surface area contributed by atoms with Crippen molar-refractivity contribution in [3.8, 4) is 0 Å². The Morgan fingerprint density at radius 3 is 2.36 bits per heavy atom. The molecular formula is C18H22N2O4S. The number of aliphatic hydroxyl groups excluding tert-OH is 1. The standard InChI is InChI=1S/C18H22N2O4S/c1-13(21)15-5-4-6-17(11-15)25(23,24)19-12-18(22)14-7-9-16(10-8-14)20(2)3/h4-11,18-19,22H,12H2,1-3H3/t18-/m0/s1. The van der Waals surface area contributed by atoms with Gasteiger partial charge in [-0.15, -0.1) is 0 Å². The van der Waals surface area contributed by atoms with Crippen molar-refractivity contribution in [1.29, 1.82) is 0 Å². The van der Waals surface area contributed by atoms with Crippen LogP contribution in [-0.2, 0) is 10.0 Å². The van der Waals surface area contributed by atoms with Gasteiger partial charge in [-0.1, -0.05) is 24.3 Å². The van der Waals surface area contributed by atoms with E-state index in [0.717, 1.165) is 5.69 Å². The Morgan fingerprint density at radius 2 is 1.80 bits per heavy atom. The number of sulfonamides is 1. The van der Waals surface area contributed by atoms with Crippen molar-refractivity contribution in [2.75, 3.05) is 25.5 Å². The van der Waals surface area contributed by atoms with E-state index in [-0.39, 0.29) is 17.2 Å². The van der Waals surface area contributed by atoms with E-state index in [1.54, 1.807) is 18.2 Å². The Bertz CT molecular complexity index is 846. The molecule has 0 aromatic heterocycles. The molecule has 0 aliphatic rings. The molecule has 0 saturated carbocycles. The van der Waals surface area contributed by atoms with Gasteiger partial charge in [-0.2, -0.15) is 0 Å². The zero-order chi connectivity index (χ0) is 18.6. The molecule has 0 spiro atoms. The van der Waals surface area contributed by atoms with E-state index < -0.39 is 16.1 Å². The molecular weight excluding hydrogens is 340 g/mol. The predicted octanol–water partition coefficient (Wildman–Crippen LogP) is 1.97. The van der Waals surface area contributed by atoms with Crippen LogP contribution in [-0.4, -0.2) is 39.9 Å². The van der Waals surface area contributed by atoms with Gasteiger partial charge in [0.1, 0.15) is 0 Å². The zero-order valence-electron chi connectivity index (χ0n) is 14.4. The van der Waals surface area contributed by atoms with Gasteiger partial charge in [0.25, 0.3) is 0 Å². The van der Waals surface area contributed by atoms with Gasteiger partial charge in [-0.05, 0) is 36.8 Å². The number of carbonyl (C=O) groups excluding carboxylic acids is 1. The van der Waals surface area contributed by atoms with Crippen LogP contribution in [0.2, 0.25) is 0 Å². The zero-order valence-corrected chi connectivity index (χ0v) is 15.2. The number of carbonyl (C=O) groups is 1. The third kappa shape index (κ3) is 4.88. The van der Waals surface area contributed by atoms with E-state index in [1.807, 2.05) is 31.1 Å². The molecule has 25 heavy (non-hydrogen) atoms. The van der Waals surface area contributed by atoms with Crippen LogP contribution in [0.5, 0.6) is 0 Å². The number of rotatable bonds is 7. The largest absolute Gasteiger partial charge is 0.387 e. The lowest BCUT2D eigenvalue weighted by Crippen LogP contribution is -2.28. The maximum atomic E-state index is 12.3. The third-order valence-electron chi connectivity index (χ3n) is 3.81. The van der Waals surface area contributed by atoms with Gasteiger partial charge in [0.15, 0.2) is 5.78 Å². The summed E-state index contributed by atoms with van der Waals surface area (Å²) in [5.41, 5.74) is 1.92. The SMILES string of the molecule is CC(=O)c1cccc(S(=O)(=O)NC[C@H](O)c2ccc(N(C)C)cc2)c1. The van der Waals surface area contributed by atoms with E-state index >= 15 is 0 Å². The molecule has 2 rings (SSSR count). The van der Waals surface area contributed by atoms with Crippen molar-refractivity contribution < 1.29 is 18.3 Å². The Balaban J connectivity index is 2.08. The first-order chi connectivity index (χ1) is 11.7. The highest BCUT2D eigenvalue weighted by molar-refractivity contribution is 7.89. The normalized spacial score (nSPS) is 12.6. The minimum Gasteiger partial charge on any atom is -0.387 e. The van der Waals surface area contributed by atoms with Crippen LogP contribution < -0.4 is 9.62 Å². The molecule has 7 heteroatoms. The first-order valence-electron chi connectivity index (χ1n) is 7.77. The van der Waals surface area contributed by atoms with Crippen molar-refractivity contribution in [1.82, 2.24) is 4.72 Å². The molecule has 0 bridgehead atoms. The topological polar surface area (TPSA) is 86.7 Å². The Kier molecular flexibility index (Phi) is 5.94. The summed E-state index contributed by atoms with van der Waals surface area (Å²) in [5.74, 6) is -0.210. The predicted molar refractivity (Wildman–Crippen MR) is 97.4 cm³/mol. The maximum absolute atomic E-state index is 12.3. The molecule has 0 amide bonds. The number of ketones is 1. The summed E-state index contributed by atoms with van der Waals surface area (Å²) in [6.45, 7) is 1.22. The minimum atomic E-state index is -3.81. The van der Waals surface area contributed by atoms with Crippen LogP contribution in [0.4, 0.5) is 5.69 Å². The van der Waals surface area contributed by atoms with Crippen molar-refractivity contribution in [2.45, 2.75) is 17.9 Å². The second-order valence-corrected chi connectivity index (χ2v) is 7.70. The summed E-state index contributed by atoms with van der Waals surface area (Å²) < 4.78 is 27.1. The second-order valence-electron chi connectivity index (χ2n) is 5.94. The summed E-state index contributed by atoms with van der Waals surface area (Å²) in [4.78, 5) is 13.3. The fraction of sp³-hybridized carbons (Fsp3) is 0.278. The number of benzene rings is 2. The monoisotopic (exact) mass is 362 g/mol. The third-order valence-corrected chi connectivity index (χ3v) is 5.23. The van der Waals surface area contributed by atoms with Crippen LogP contribution in [0.1, 0.15) is 28.9 Å². The minimum absolute atomic E-state index is 0.00430. The molecule has 0 heterocycles. The molecule has 134 valence electrons. The molecule has 0 saturated heterocycles. The van der Waals surface area contributed by atoms with E-state index in [2.05, 4.69) is 4.72 Å². The van der Waals surface area contributed by atoms with Crippen molar-refractivity contribution in [3.05, 3.63) is 59.7 Å². The molecule has 6 nitrogen and oxygen atoms in total. The fourth-order valence-electron chi connectivity index (χ4n) is 2.27. The number of nitrogens with zero attached hydrogens (tertiary/aromatic N) is 1. The fourth-order valence-corrected chi connectivity index (χ4v) is 3.35. The number of hydrogen-bond donors (Lipinski definition) is 2. The van der Waals surface area contributed by atoms with Crippen LogP contribution in [0.25, 0.3) is 0 Å². The van der Waals surface area contributed by atoms with E-state index in [0.29, 0.717) is 11.1 Å². The molecule has 0 unspecified atom stereocenters. The Hall–Kier alpha value is -2.22. The van der Waals surface area contributed by atoms with Crippen molar-refractivity contribution in [2.24, 2.45) is 0 Å². The number of anilines is 1. The van der Waals surface area contributed by atoms with E-state index in [1.165, 1.54) is 25.1 Å². The highest BCUT2D eigenvalue weighted by Gasteiger charge is 2.17. The summed E-state index contributed by atoms with van der Waals surface area (Å²) >= 11 is 0. The molecule has 0 aliphatic heterocycles. The van der Waals surface area contributed by atoms with Gasteiger partial charge in [0.05, 0.1) is 11.0 Å². The highest BCUT2D eigenvalue weighted by atomic mass is 32.2. The van der Waals surface area contributed by atoms with Gasteiger partial charge in [0.2, 0.25) is 10.0 Å². The maximum Gasteiger partial charge on any atom is 0.240 e. The van der Waals surface area contributed by atoms with Gasteiger partial charge >= 0.3 is 0 Å². The van der Waals surface area contributed by atoms with Crippen LogP contribution >= 0.6 is 0 Å². The Labute approximate surface area is 148 Å². The van der Waals surface area contributed by atoms with Crippen LogP contribution in [0, 0.1) is 0 Å². The van der Waals surface area contributed by atoms with Gasteiger partial charge in [-0.3, -0.25) is 4.79 Å². The second kappa shape index (κ2) is 7.77. The summed E-state index contributed by atoms with van der Waals surface area (Å²) in [6.07, 6.45) is -0.970. The quantitative estimate of drug-likeness (QED) is 0.736. The average molecular weight is 362 g/mol. The van der Waals surface area contributed by atoms with Gasteiger partial charge in [0, 0.05) is 31.9 Å². The lowest BCUT2D eigenvalue weighted by molar-refractivity contribution is 0.101. The lowest BCUT2D eigenvalue weighted by Gasteiger charge is -2.16. The van der Waals surface area contributed by atoms with Crippen molar-refractivity contribution >= 4 is 21.5 Å². The first kappa shape index (κ1) is 19.1. The number of aliphatic hydroxyl groups is 1. The van der Waals surface area contributed by atoms with Gasteiger partial charge in [-0.25, -0.2) is 13.1 Å². The highest BCUT2D eigenvalue weighted by Crippen LogP contribution is 2.18. The van der Waals surface area contributed by atoms with Crippen LogP contribution in [0.3, 0.4) is 0 Å².